The summed E-state index contributed by atoms with van der Waals surface area (Å²) in [5.74, 6) is -0.167. The molecular formula is C23H23F3N2O2. The third-order valence-electron chi connectivity index (χ3n) is 6.03. The second-order valence-electron chi connectivity index (χ2n) is 8.00. The molecule has 0 aromatic heterocycles. The van der Waals surface area contributed by atoms with Gasteiger partial charge in [0, 0.05) is 0 Å². The normalized spacial score (nSPS) is 21.4. The molecule has 2 fully saturated rings. The first-order chi connectivity index (χ1) is 14.3. The molecule has 4 nitrogen and oxygen atoms in total. The van der Waals surface area contributed by atoms with Gasteiger partial charge in [-0.05, 0) is 68.1 Å². The summed E-state index contributed by atoms with van der Waals surface area (Å²) in [4.78, 5) is 28.5. The van der Waals surface area contributed by atoms with Gasteiger partial charge in [0.15, 0.2) is 0 Å². The van der Waals surface area contributed by atoms with Crippen molar-refractivity contribution in [3.05, 3.63) is 65.7 Å². The van der Waals surface area contributed by atoms with Crippen LogP contribution in [0.3, 0.4) is 0 Å². The van der Waals surface area contributed by atoms with Crippen LogP contribution in [0.15, 0.2) is 54.6 Å². The van der Waals surface area contributed by atoms with Crippen molar-refractivity contribution in [2.75, 3.05) is 18.0 Å². The van der Waals surface area contributed by atoms with E-state index in [1.165, 1.54) is 17.7 Å². The van der Waals surface area contributed by atoms with Crippen molar-refractivity contribution in [2.45, 2.75) is 37.9 Å². The molecule has 1 atom stereocenters. The van der Waals surface area contributed by atoms with E-state index >= 15 is 0 Å². The number of piperidine rings is 1. The molecule has 2 aromatic carbocycles. The first-order valence-corrected chi connectivity index (χ1v) is 10.1. The summed E-state index contributed by atoms with van der Waals surface area (Å²) in [7, 11) is 0. The molecule has 0 N–H and O–H groups in total. The van der Waals surface area contributed by atoms with E-state index in [4.69, 9.17) is 0 Å². The van der Waals surface area contributed by atoms with E-state index in [-0.39, 0.29) is 23.9 Å². The Morgan fingerprint density at radius 1 is 0.900 bits per heavy atom. The van der Waals surface area contributed by atoms with Crippen molar-refractivity contribution >= 4 is 17.5 Å². The molecule has 0 bridgehead atoms. The highest BCUT2D eigenvalue weighted by atomic mass is 19.4. The SMILES string of the molecule is O=C1C[C@@H](N2CCC(Cc3ccccc3)CC2)C(=O)N1c1ccc(C(F)(F)F)cc1. The van der Waals surface area contributed by atoms with Crippen molar-refractivity contribution < 1.29 is 22.8 Å². The highest BCUT2D eigenvalue weighted by Crippen LogP contribution is 2.33. The van der Waals surface area contributed by atoms with Crippen LogP contribution in [-0.4, -0.2) is 35.8 Å². The largest absolute Gasteiger partial charge is 0.416 e. The number of imide groups is 1. The number of likely N-dealkylation sites (tertiary alicyclic amines) is 1. The second-order valence-corrected chi connectivity index (χ2v) is 8.00. The molecule has 0 aliphatic carbocycles. The first-order valence-electron chi connectivity index (χ1n) is 10.1. The van der Waals surface area contributed by atoms with Crippen LogP contribution >= 0.6 is 0 Å². The van der Waals surface area contributed by atoms with Crippen LogP contribution in [0.5, 0.6) is 0 Å². The average molecular weight is 416 g/mol. The number of amides is 2. The zero-order chi connectivity index (χ0) is 21.3. The Labute approximate surface area is 173 Å². The molecule has 2 amide bonds. The molecule has 0 unspecified atom stereocenters. The Morgan fingerprint density at radius 2 is 1.53 bits per heavy atom. The zero-order valence-electron chi connectivity index (χ0n) is 16.4. The molecule has 0 radical (unpaired) electrons. The Bertz CT molecular complexity index is 904. The minimum Gasteiger partial charge on any atom is -0.292 e. The number of alkyl halides is 3. The van der Waals surface area contributed by atoms with Crippen molar-refractivity contribution in [2.24, 2.45) is 5.92 Å². The van der Waals surface area contributed by atoms with Crippen LogP contribution in [0.25, 0.3) is 0 Å². The number of hydrogen-bond acceptors (Lipinski definition) is 3. The molecule has 0 saturated carbocycles. The van der Waals surface area contributed by atoms with Gasteiger partial charge in [0.2, 0.25) is 5.91 Å². The number of benzene rings is 2. The Balaban J connectivity index is 1.38. The predicted molar refractivity (Wildman–Crippen MR) is 107 cm³/mol. The van der Waals surface area contributed by atoms with Gasteiger partial charge < -0.3 is 0 Å². The van der Waals surface area contributed by atoms with E-state index in [0.717, 1.165) is 49.4 Å². The topological polar surface area (TPSA) is 40.6 Å². The van der Waals surface area contributed by atoms with Crippen LogP contribution in [0.2, 0.25) is 0 Å². The molecule has 7 heteroatoms. The summed E-state index contributed by atoms with van der Waals surface area (Å²) >= 11 is 0. The number of anilines is 1. The molecule has 2 aliphatic rings. The van der Waals surface area contributed by atoms with Crippen LogP contribution in [-0.2, 0) is 22.2 Å². The number of carbonyl (C=O) groups excluding carboxylic acids is 2. The number of rotatable bonds is 4. The number of carbonyl (C=O) groups is 2. The van der Waals surface area contributed by atoms with Gasteiger partial charge in [0.25, 0.3) is 5.91 Å². The molecular weight excluding hydrogens is 393 g/mol. The summed E-state index contributed by atoms with van der Waals surface area (Å²) in [6, 6.07) is 13.9. The Morgan fingerprint density at radius 3 is 2.13 bits per heavy atom. The van der Waals surface area contributed by atoms with E-state index in [1.807, 2.05) is 23.1 Å². The van der Waals surface area contributed by atoms with Crippen molar-refractivity contribution in [3.63, 3.8) is 0 Å². The highest BCUT2D eigenvalue weighted by molar-refractivity contribution is 6.22. The predicted octanol–water partition coefficient (Wildman–Crippen LogP) is 4.29. The smallest absolute Gasteiger partial charge is 0.292 e. The summed E-state index contributed by atoms with van der Waals surface area (Å²) in [6.07, 6.45) is -1.47. The molecule has 30 heavy (non-hydrogen) atoms. The van der Waals surface area contributed by atoms with Crippen LogP contribution < -0.4 is 4.90 Å². The quantitative estimate of drug-likeness (QED) is 0.698. The second kappa shape index (κ2) is 8.22. The van der Waals surface area contributed by atoms with Crippen molar-refractivity contribution in [1.29, 1.82) is 0 Å². The number of nitrogens with zero attached hydrogens (tertiary/aromatic N) is 2. The minimum absolute atomic E-state index is 0.0726. The van der Waals surface area contributed by atoms with Crippen molar-refractivity contribution in [1.82, 2.24) is 4.90 Å². The van der Waals surface area contributed by atoms with Crippen molar-refractivity contribution in [3.8, 4) is 0 Å². The lowest BCUT2D eigenvalue weighted by molar-refractivity contribution is -0.137. The minimum atomic E-state index is -4.45. The van der Waals surface area contributed by atoms with Gasteiger partial charge in [-0.15, -0.1) is 0 Å². The van der Waals surface area contributed by atoms with Gasteiger partial charge in [-0.25, -0.2) is 4.90 Å². The molecule has 4 rings (SSSR count). The summed E-state index contributed by atoms with van der Waals surface area (Å²) in [5, 5.41) is 0. The van der Waals surface area contributed by atoms with Crippen LogP contribution in [0.4, 0.5) is 18.9 Å². The van der Waals surface area contributed by atoms with Crippen LogP contribution in [0, 0.1) is 5.92 Å². The van der Waals surface area contributed by atoms with Crippen LogP contribution in [0.1, 0.15) is 30.4 Å². The fraction of sp³-hybridized carbons (Fsp3) is 0.391. The Kier molecular flexibility index (Phi) is 5.64. The fourth-order valence-electron chi connectivity index (χ4n) is 4.39. The monoisotopic (exact) mass is 416 g/mol. The maximum absolute atomic E-state index is 12.9. The van der Waals surface area contributed by atoms with E-state index in [9.17, 15) is 22.8 Å². The molecule has 158 valence electrons. The van der Waals surface area contributed by atoms with Gasteiger partial charge in [0.1, 0.15) is 0 Å². The first kappa shape index (κ1) is 20.6. The lowest BCUT2D eigenvalue weighted by atomic mass is 9.89. The van der Waals surface area contributed by atoms with E-state index < -0.39 is 17.8 Å². The Hall–Kier alpha value is -2.67. The number of halogens is 3. The maximum atomic E-state index is 12.9. The molecule has 2 saturated heterocycles. The van der Waals surface area contributed by atoms with E-state index in [1.54, 1.807) is 0 Å². The lowest BCUT2D eigenvalue weighted by Crippen LogP contribution is -2.46. The molecule has 2 aliphatic heterocycles. The van der Waals surface area contributed by atoms with Gasteiger partial charge in [-0.3, -0.25) is 14.5 Å². The van der Waals surface area contributed by atoms with Gasteiger partial charge >= 0.3 is 6.18 Å². The number of hydrogen-bond donors (Lipinski definition) is 0. The molecule has 0 spiro atoms. The third-order valence-corrected chi connectivity index (χ3v) is 6.03. The van der Waals surface area contributed by atoms with E-state index in [2.05, 4.69) is 12.1 Å². The average Bonchev–Trinajstić information content (AvgIpc) is 3.03. The standard InChI is InChI=1S/C23H23F3N2O2/c24-23(25,26)18-6-8-19(9-7-18)28-21(29)15-20(22(28)30)27-12-10-17(11-13-27)14-16-4-2-1-3-5-16/h1-9,17,20H,10-15H2/t20-/m1/s1. The summed E-state index contributed by atoms with van der Waals surface area (Å²) in [5.41, 5.74) is 0.693. The zero-order valence-corrected chi connectivity index (χ0v) is 16.4. The van der Waals surface area contributed by atoms with Gasteiger partial charge in [-0.1, -0.05) is 30.3 Å². The summed E-state index contributed by atoms with van der Waals surface area (Å²) < 4.78 is 38.3. The highest BCUT2D eigenvalue weighted by Gasteiger charge is 2.43. The summed E-state index contributed by atoms with van der Waals surface area (Å²) in [6.45, 7) is 1.48. The fourth-order valence-corrected chi connectivity index (χ4v) is 4.39. The molecule has 2 heterocycles. The van der Waals surface area contributed by atoms with Gasteiger partial charge in [-0.2, -0.15) is 13.2 Å². The maximum Gasteiger partial charge on any atom is 0.416 e. The third kappa shape index (κ3) is 4.26. The lowest BCUT2D eigenvalue weighted by Gasteiger charge is -2.34. The van der Waals surface area contributed by atoms with E-state index in [0.29, 0.717) is 5.92 Å². The molecule has 2 aromatic rings. The van der Waals surface area contributed by atoms with Gasteiger partial charge in [0.05, 0.1) is 23.7 Å².